The summed E-state index contributed by atoms with van der Waals surface area (Å²) in [6.45, 7) is 0. The predicted octanol–water partition coefficient (Wildman–Crippen LogP) is 14.4. The van der Waals surface area contributed by atoms with Gasteiger partial charge >= 0.3 is 0 Å². The first kappa shape index (κ1) is 30.0. The number of furan rings is 1. The molecule has 0 fully saturated rings. The zero-order valence-corrected chi connectivity index (χ0v) is 28.4. The van der Waals surface area contributed by atoms with Crippen molar-refractivity contribution in [1.82, 2.24) is 0 Å². The van der Waals surface area contributed by atoms with Gasteiger partial charge in [-0.2, -0.15) is 0 Å². The molecule has 244 valence electrons. The Morgan fingerprint density at radius 2 is 0.981 bits per heavy atom. The van der Waals surface area contributed by atoms with Crippen molar-refractivity contribution in [3.8, 4) is 33.6 Å². The topological polar surface area (TPSA) is 16.4 Å². The number of anilines is 3. The lowest BCUT2D eigenvalue weighted by molar-refractivity contribution is 0.631. The molecule has 0 aliphatic heterocycles. The van der Waals surface area contributed by atoms with E-state index in [1.165, 1.54) is 49.0 Å². The van der Waals surface area contributed by atoms with Crippen LogP contribution in [0.25, 0.3) is 76.9 Å². The van der Waals surface area contributed by atoms with Crippen molar-refractivity contribution in [2.24, 2.45) is 0 Å². The average Bonchev–Trinajstić information content (AvgIpc) is 3.66. The second-order valence-electron chi connectivity index (χ2n) is 13.3. The molecule has 10 aromatic rings. The van der Waals surface area contributed by atoms with Crippen molar-refractivity contribution in [2.45, 2.75) is 0 Å². The molecule has 0 spiro atoms. The van der Waals surface area contributed by atoms with Gasteiger partial charge in [0.15, 0.2) is 0 Å². The summed E-state index contributed by atoms with van der Waals surface area (Å²) < 4.78 is 6.25. The lowest BCUT2D eigenvalue weighted by Gasteiger charge is -2.27. The monoisotopic (exact) mass is 663 g/mol. The average molecular weight is 664 g/mol. The molecule has 0 saturated heterocycles. The van der Waals surface area contributed by atoms with E-state index in [-0.39, 0.29) is 0 Å². The lowest BCUT2D eigenvalue weighted by Crippen LogP contribution is -2.10. The van der Waals surface area contributed by atoms with E-state index < -0.39 is 0 Å². The van der Waals surface area contributed by atoms with Crippen molar-refractivity contribution < 1.29 is 4.42 Å². The van der Waals surface area contributed by atoms with E-state index >= 15 is 0 Å². The number of rotatable bonds is 6. The van der Waals surface area contributed by atoms with E-state index in [0.29, 0.717) is 0 Å². The second-order valence-corrected chi connectivity index (χ2v) is 13.3. The van der Waals surface area contributed by atoms with Crippen LogP contribution in [0.3, 0.4) is 0 Å². The maximum absolute atomic E-state index is 6.25. The molecule has 9 aromatic carbocycles. The van der Waals surface area contributed by atoms with Crippen molar-refractivity contribution in [2.75, 3.05) is 4.90 Å². The van der Waals surface area contributed by atoms with Crippen LogP contribution in [0, 0.1) is 0 Å². The van der Waals surface area contributed by atoms with Crippen LogP contribution < -0.4 is 4.90 Å². The second kappa shape index (κ2) is 12.5. The van der Waals surface area contributed by atoms with Gasteiger partial charge in [0.05, 0.1) is 5.69 Å². The fourth-order valence-electron chi connectivity index (χ4n) is 7.69. The van der Waals surface area contributed by atoms with E-state index in [2.05, 4.69) is 187 Å². The maximum atomic E-state index is 6.25. The summed E-state index contributed by atoms with van der Waals surface area (Å²) in [5, 5.41) is 8.58. The van der Waals surface area contributed by atoms with Gasteiger partial charge in [-0.25, -0.2) is 0 Å². The van der Waals surface area contributed by atoms with E-state index in [0.717, 1.165) is 44.9 Å². The van der Waals surface area contributed by atoms with Gasteiger partial charge in [0, 0.05) is 27.7 Å². The SMILES string of the molecule is c1ccc(N(c2ccc(-c3ccc4c(ccc5ccccc54)c3)cc2)c2ccc(-c3cccc(-c4cc5ccccc5o4)c3)c3ccccc23)cc1. The number of fused-ring (bicyclic) bond motifs is 5. The molecule has 1 aromatic heterocycles. The largest absolute Gasteiger partial charge is 0.456 e. The van der Waals surface area contributed by atoms with Gasteiger partial charge in [-0.1, -0.05) is 146 Å². The highest BCUT2D eigenvalue weighted by atomic mass is 16.3. The minimum Gasteiger partial charge on any atom is -0.456 e. The van der Waals surface area contributed by atoms with E-state index in [1.54, 1.807) is 0 Å². The molecule has 0 amide bonds. The molecule has 0 radical (unpaired) electrons. The first-order valence-electron chi connectivity index (χ1n) is 17.8. The minimum absolute atomic E-state index is 0.875. The van der Waals surface area contributed by atoms with Crippen LogP contribution in [-0.4, -0.2) is 0 Å². The molecule has 0 saturated carbocycles. The Bertz CT molecular complexity index is 2870. The van der Waals surface area contributed by atoms with Gasteiger partial charge in [0.1, 0.15) is 11.3 Å². The van der Waals surface area contributed by atoms with Crippen LogP contribution in [0.2, 0.25) is 0 Å². The Balaban J connectivity index is 1.05. The molecule has 52 heavy (non-hydrogen) atoms. The van der Waals surface area contributed by atoms with E-state index in [4.69, 9.17) is 4.42 Å². The molecular formula is C50H33NO. The Kier molecular flexibility index (Phi) is 7.18. The van der Waals surface area contributed by atoms with Crippen LogP contribution in [0.4, 0.5) is 17.1 Å². The lowest BCUT2D eigenvalue weighted by atomic mass is 9.94. The van der Waals surface area contributed by atoms with Gasteiger partial charge < -0.3 is 9.32 Å². The summed E-state index contributed by atoms with van der Waals surface area (Å²) in [4.78, 5) is 2.37. The van der Waals surface area contributed by atoms with E-state index in [1.807, 2.05) is 18.2 Å². The van der Waals surface area contributed by atoms with Gasteiger partial charge in [-0.05, 0) is 104 Å². The van der Waals surface area contributed by atoms with E-state index in [9.17, 15) is 0 Å². The summed E-state index contributed by atoms with van der Waals surface area (Å²) in [6.07, 6.45) is 0. The zero-order chi connectivity index (χ0) is 34.4. The van der Waals surface area contributed by atoms with Crippen molar-refractivity contribution >= 4 is 60.3 Å². The molecule has 2 nitrogen and oxygen atoms in total. The molecule has 10 rings (SSSR count). The summed E-state index contributed by atoms with van der Waals surface area (Å²) >= 11 is 0. The van der Waals surface area contributed by atoms with Gasteiger partial charge in [-0.3, -0.25) is 0 Å². The van der Waals surface area contributed by atoms with Crippen molar-refractivity contribution in [1.29, 1.82) is 0 Å². The molecule has 0 N–H and O–H groups in total. The normalized spacial score (nSPS) is 11.5. The van der Waals surface area contributed by atoms with Crippen molar-refractivity contribution in [3.05, 3.63) is 200 Å². The highest BCUT2D eigenvalue weighted by molar-refractivity contribution is 6.09. The summed E-state index contributed by atoms with van der Waals surface area (Å²) in [6, 6.07) is 71.7. The summed E-state index contributed by atoms with van der Waals surface area (Å²) in [5.74, 6) is 0.875. The third kappa shape index (κ3) is 5.21. The van der Waals surface area contributed by atoms with Gasteiger partial charge in [-0.15, -0.1) is 0 Å². The fraction of sp³-hybridized carbons (Fsp3) is 0. The zero-order valence-electron chi connectivity index (χ0n) is 28.4. The van der Waals surface area contributed by atoms with Crippen LogP contribution >= 0.6 is 0 Å². The molecule has 0 atom stereocenters. The molecule has 2 heteroatoms. The predicted molar refractivity (Wildman–Crippen MR) is 220 cm³/mol. The maximum Gasteiger partial charge on any atom is 0.135 e. The fourth-order valence-corrected chi connectivity index (χ4v) is 7.69. The van der Waals surface area contributed by atoms with Crippen LogP contribution in [0.5, 0.6) is 0 Å². The Hall–Kier alpha value is -6.90. The standard InChI is InChI=1S/C50H33NO/c1-2-15-41(16-3-1)51(42-26-23-34(24-27-42)36-25-28-44-38(31-36)22-21-35-11-4-6-17-43(35)44)48-30-29-45(46-18-7-8-19-47(46)48)37-13-10-14-39(32-37)50-33-40-12-5-9-20-49(40)52-50/h1-33H. The first-order valence-corrected chi connectivity index (χ1v) is 17.8. The highest BCUT2D eigenvalue weighted by Crippen LogP contribution is 2.43. The number of hydrogen-bond donors (Lipinski definition) is 0. The molecule has 0 unspecified atom stereocenters. The third-order valence-corrected chi connectivity index (χ3v) is 10.2. The number of para-hydroxylation sites is 2. The molecule has 0 aliphatic carbocycles. The van der Waals surface area contributed by atoms with Crippen LogP contribution in [0.15, 0.2) is 205 Å². The number of hydrogen-bond acceptors (Lipinski definition) is 2. The first-order chi connectivity index (χ1) is 25.8. The summed E-state index contributed by atoms with van der Waals surface area (Å²) in [5.41, 5.74) is 10.0. The molecule has 1 heterocycles. The molecule has 0 aliphatic rings. The highest BCUT2D eigenvalue weighted by Gasteiger charge is 2.18. The van der Waals surface area contributed by atoms with Crippen molar-refractivity contribution in [3.63, 3.8) is 0 Å². The quantitative estimate of drug-likeness (QED) is 0.165. The minimum atomic E-state index is 0.875. The van der Waals surface area contributed by atoms with Crippen LogP contribution in [0.1, 0.15) is 0 Å². The van der Waals surface area contributed by atoms with Crippen LogP contribution in [-0.2, 0) is 0 Å². The number of nitrogens with zero attached hydrogens (tertiary/aromatic N) is 1. The van der Waals surface area contributed by atoms with Gasteiger partial charge in [0.2, 0.25) is 0 Å². The Morgan fingerprint density at radius 1 is 0.327 bits per heavy atom. The molecule has 0 bridgehead atoms. The van der Waals surface area contributed by atoms with Gasteiger partial charge in [0.25, 0.3) is 0 Å². The number of benzene rings is 9. The third-order valence-electron chi connectivity index (χ3n) is 10.2. The Morgan fingerprint density at radius 3 is 1.83 bits per heavy atom. The molecular weight excluding hydrogens is 631 g/mol. The Labute approximate surface area is 302 Å². The smallest absolute Gasteiger partial charge is 0.135 e. The summed E-state index contributed by atoms with van der Waals surface area (Å²) in [7, 11) is 0.